The summed E-state index contributed by atoms with van der Waals surface area (Å²) in [5.41, 5.74) is 0.563. The molecule has 21 heavy (non-hydrogen) atoms. The Labute approximate surface area is 128 Å². The number of thiocarbonyl (C=S) groups is 1. The molecular formula is C13H19N3O4S. The van der Waals surface area contributed by atoms with Gasteiger partial charge in [0.2, 0.25) is 0 Å². The lowest BCUT2D eigenvalue weighted by Crippen LogP contribution is -2.36. The smallest absolute Gasteiger partial charge is 0.276 e. The van der Waals surface area contributed by atoms with Crippen LogP contribution in [0.1, 0.15) is 12.5 Å². The Hall–Kier alpha value is -2.09. The van der Waals surface area contributed by atoms with Gasteiger partial charge in [0.1, 0.15) is 0 Å². The Bertz CT molecular complexity index is 522. The van der Waals surface area contributed by atoms with Crippen LogP contribution < -0.4 is 20.1 Å². The van der Waals surface area contributed by atoms with E-state index in [0.717, 1.165) is 6.54 Å². The molecule has 116 valence electrons. The van der Waals surface area contributed by atoms with Crippen molar-refractivity contribution in [1.29, 1.82) is 0 Å². The van der Waals surface area contributed by atoms with E-state index < -0.39 is 4.92 Å². The summed E-state index contributed by atoms with van der Waals surface area (Å²) >= 11 is 5.04. The Balaban J connectivity index is 2.89. The van der Waals surface area contributed by atoms with E-state index in [-0.39, 0.29) is 5.69 Å². The molecule has 7 nitrogen and oxygen atoms in total. The van der Waals surface area contributed by atoms with Gasteiger partial charge in [-0.1, -0.05) is 0 Å². The number of nitrogens with zero attached hydrogens (tertiary/aromatic N) is 1. The van der Waals surface area contributed by atoms with E-state index in [0.29, 0.717) is 35.1 Å². The molecule has 0 spiro atoms. The SMILES string of the molecule is CCNC(=S)NCCc1cc(OC)c(OC)cc1[N+](=O)[O-]. The van der Waals surface area contributed by atoms with Crippen LogP contribution in [0.25, 0.3) is 0 Å². The summed E-state index contributed by atoms with van der Waals surface area (Å²) in [6.07, 6.45) is 0.447. The van der Waals surface area contributed by atoms with Crippen LogP contribution in [0.2, 0.25) is 0 Å². The lowest BCUT2D eigenvalue weighted by molar-refractivity contribution is -0.385. The second kappa shape index (κ2) is 8.25. The quantitative estimate of drug-likeness (QED) is 0.449. The molecule has 1 aromatic rings. The number of nitrogens with one attached hydrogen (secondary N) is 2. The van der Waals surface area contributed by atoms with Gasteiger partial charge in [-0.15, -0.1) is 0 Å². The highest BCUT2D eigenvalue weighted by Gasteiger charge is 2.19. The van der Waals surface area contributed by atoms with Gasteiger partial charge in [0, 0.05) is 18.7 Å². The lowest BCUT2D eigenvalue weighted by Gasteiger charge is -2.12. The number of ether oxygens (including phenoxy) is 2. The van der Waals surface area contributed by atoms with Gasteiger partial charge < -0.3 is 20.1 Å². The van der Waals surface area contributed by atoms with E-state index in [4.69, 9.17) is 21.7 Å². The molecule has 0 saturated heterocycles. The van der Waals surface area contributed by atoms with Crippen LogP contribution >= 0.6 is 12.2 Å². The molecule has 1 aromatic carbocycles. The summed E-state index contributed by atoms with van der Waals surface area (Å²) in [5, 5.41) is 17.6. The van der Waals surface area contributed by atoms with Crippen molar-refractivity contribution < 1.29 is 14.4 Å². The summed E-state index contributed by atoms with van der Waals surface area (Å²) in [6.45, 7) is 3.15. The predicted octanol–water partition coefficient (Wildman–Crippen LogP) is 1.64. The molecule has 0 heterocycles. The van der Waals surface area contributed by atoms with E-state index in [2.05, 4.69) is 10.6 Å². The van der Waals surface area contributed by atoms with Gasteiger partial charge in [0.15, 0.2) is 16.6 Å². The molecule has 0 bridgehead atoms. The van der Waals surface area contributed by atoms with Crippen molar-refractivity contribution in [2.24, 2.45) is 0 Å². The first-order valence-electron chi connectivity index (χ1n) is 6.44. The molecule has 0 unspecified atom stereocenters. The predicted molar refractivity (Wildman–Crippen MR) is 84.2 cm³/mol. The van der Waals surface area contributed by atoms with Gasteiger partial charge in [0.05, 0.1) is 25.2 Å². The number of benzene rings is 1. The fraction of sp³-hybridized carbons (Fsp3) is 0.462. The van der Waals surface area contributed by atoms with Gasteiger partial charge in [0.25, 0.3) is 5.69 Å². The molecule has 0 amide bonds. The maximum atomic E-state index is 11.1. The number of rotatable bonds is 7. The largest absolute Gasteiger partial charge is 0.493 e. The third kappa shape index (κ3) is 4.75. The van der Waals surface area contributed by atoms with Gasteiger partial charge in [-0.05, 0) is 31.6 Å². The van der Waals surface area contributed by atoms with Crippen LogP contribution in [-0.2, 0) is 6.42 Å². The summed E-state index contributed by atoms with van der Waals surface area (Å²) in [4.78, 5) is 10.7. The third-order valence-electron chi connectivity index (χ3n) is 2.80. The molecular weight excluding hydrogens is 294 g/mol. The van der Waals surface area contributed by atoms with Crippen LogP contribution in [0.4, 0.5) is 5.69 Å². The van der Waals surface area contributed by atoms with Crippen molar-refractivity contribution in [1.82, 2.24) is 10.6 Å². The molecule has 0 fully saturated rings. The number of hydrogen-bond acceptors (Lipinski definition) is 5. The molecule has 0 atom stereocenters. The normalized spacial score (nSPS) is 9.86. The maximum absolute atomic E-state index is 11.1. The van der Waals surface area contributed by atoms with Crippen molar-refractivity contribution in [2.45, 2.75) is 13.3 Å². The number of hydrogen-bond donors (Lipinski definition) is 2. The van der Waals surface area contributed by atoms with Crippen molar-refractivity contribution in [3.8, 4) is 11.5 Å². The molecule has 0 aliphatic rings. The second-order valence-corrected chi connectivity index (χ2v) is 4.54. The summed E-state index contributed by atoms with van der Waals surface area (Å²) < 4.78 is 10.3. The zero-order valence-corrected chi connectivity index (χ0v) is 13.1. The zero-order valence-electron chi connectivity index (χ0n) is 12.3. The second-order valence-electron chi connectivity index (χ2n) is 4.13. The Morgan fingerprint density at radius 1 is 1.29 bits per heavy atom. The molecule has 0 aliphatic heterocycles. The van der Waals surface area contributed by atoms with Crippen LogP contribution in [0.15, 0.2) is 12.1 Å². The Morgan fingerprint density at radius 2 is 1.90 bits per heavy atom. The number of methoxy groups -OCH3 is 2. The van der Waals surface area contributed by atoms with E-state index in [1.165, 1.54) is 20.3 Å². The monoisotopic (exact) mass is 313 g/mol. The first kappa shape index (κ1) is 17.0. The number of nitro benzene ring substituents is 1. The zero-order chi connectivity index (χ0) is 15.8. The van der Waals surface area contributed by atoms with E-state index in [1.54, 1.807) is 6.07 Å². The maximum Gasteiger partial charge on any atom is 0.276 e. The molecule has 8 heteroatoms. The standard InChI is InChI=1S/C13H19N3O4S/c1-4-14-13(21)15-6-5-9-7-11(19-2)12(20-3)8-10(9)16(17)18/h7-8H,4-6H2,1-3H3,(H2,14,15,21). The molecule has 2 N–H and O–H groups in total. The average Bonchev–Trinajstić information content (AvgIpc) is 2.46. The van der Waals surface area contributed by atoms with E-state index >= 15 is 0 Å². The highest BCUT2D eigenvalue weighted by Crippen LogP contribution is 2.34. The molecule has 0 radical (unpaired) electrons. The summed E-state index contributed by atoms with van der Waals surface area (Å²) in [7, 11) is 2.93. The van der Waals surface area contributed by atoms with Crippen LogP contribution in [-0.4, -0.2) is 37.3 Å². The van der Waals surface area contributed by atoms with Crippen LogP contribution in [0.5, 0.6) is 11.5 Å². The molecule has 1 rings (SSSR count). The fourth-order valence-electron chi connectivity index (χ4n) is 1.81. The van der Waals surface area contributed by atoms with Crippen molar-refractivity contribution in [3.63, 3.8) is 0 Å². The lowest BCUT2D eigenvalue weighted by atomic mass is 10.1. The minimum Gasteiger partial charge on any atom is -0.493 e. The van der Waals surface area contributed by atoms with Gasteiger partial charge in [-0.25, -0.2) is 0 Å². The molecule has 0 saturated carbocycles. The van der Waals surface area contributed by atoms with Crippen molar-refractivity contribution in [3.05, 3.63) is 27.8 Å². The topological polar surface area (TPSA) is 85.7 Å². The number of nitro groups is 1. The molecule has 0 aliphatic carbocycles. The van der Waals surface area contributed by atoms with Crippen molar-refractivity contribution >= 4 is 23.0 Å². The highest BCUT2D eigenvalue weighted by molar-refractivity contribution is 7.80. The third-order valence-corrected chi connectivity index (χ3v) is 3.09. The summed E-state index contributed by atoms with van der Waals surface area (Å²) in [5.74, 6) is 0.802. The van der Waals surface area contributed by atoms with Crippen LogP contribution in [0.3, 0.4) is 0 Å². The average molecular weight is 313 g/mol. The van der Waals surface area contributed by atoms with Crippen molar-refractivity contribution in [2.75, 3.05) is 27.3 Å². The first-order chi connectivity index (χ1) is 10.0. The fourth-order valence-corrected chi connectivity index (χ4v) is 2.06. The van der Waals surface area contributed by atoms with Gasteiger partial charge in [-0.2, -0.15) is 0 Å². The van der Waals surface area contributed by atoms with E-state index in [9.17, 15) is 10.1 Å². The minimum absolute atomic E-state index is 0.00354. The highest BCUT2D eigenvalue weighted by atomic mass is 32.1. The van der Waals surface area contributed by atoms with Gasteiger partial charge >= 0.3 is 0 Å². The van der Waals surface area contributed by atoms with Gasteiger partial charge in [-0.3, -0.25) is 10.1 Å². The first-order valence-corrected chi connectivity index (χ1v) is 6.85. The molecule has 0 aromatic heterocycles. The van der Waals surface area contributed by atoms with E-state index in [1.807, 2.05) is 6.92 Å². The van der Waals surface area contributed by atoms with Crippen LogP contribution in [0, 0.1) is 10.1 Å². The Morgan fingerprint density at radius 3 is 2.43 bits per heavy atom. The minimum atomic E-state index is -0.431. The Kier molecular flexibility index (Phi) is 6.67. The summed E-state index contributed by atoms with van der Waals surface area (Å²) in [6, 6.07) is 2.99.